The molecule has 2 heterocycles. The third-order valence-electron chi connectivity index (χ3n) is 5.02. The maximum Gasteiger partial charge on any atom is 0.0110 e. The maximum atomic E-state index is 3.57. The predicted octanol–water partition coefficient (Wildman–Crippen LogP) is 3.28. The molecule has 0 amide bonds. The minimum absolute atomic E-state index is 0.467. The highest BCUT2D eigenvalue weighted by Gasteiger charge is 2.30. The quantitative estimate of drug-likeness (QED) is 0.712. The summed E-state index contributed by atoms with van der Waals surface area (Å²) in [7, 11) is 0. The Labute approximate surface area is 114 Å². The Morgan fingerprint density at radius 1 is 0.944 bits per heavy atom. The fourth-order valence-corrected chi connectivity index (χ4v) is 3.58. The van der Waals surface area contributed by atoms with Gasteiger partial charge in [-0.2, -0.15) is 0 Å². The third kappa shape index (κ3) is 3.96. The van der Waals surface area contributed by atoms with Crippen LogP contribution in [0.2, 0.25) is 0 Å². The second-order valence-electron chi connectivity index (χ2n) is 7.39. The van der Waals surface area contributed by atoms with E-state index >= 15 is 0 Å². The fourth-order valence-electron chi connectivity index (χ4n) is 3.58. The molecular formula is C16H32N2. The van der Waals surface area contributed by atoms with Crippen LogP contribution in [0.3, 0.4) is 0 Å². The lowest BCUT2D eigenvalue weighted by atomic mass is 9.77. The molecule has 0 aromatic carbocycles. The van der Waals surface area contributed by atoms with E-state index in [1.807, 2.05) is 0 Å². The van der Waals surface area contributed by atoms with E-state index in [-0.39, 0.29) is 0 Å². The number of nitrogens with one attached hydrogen (secondary N) is 1. The largest absolute Gasteiger partial charge is 0.315 e. The van der Waals surface area contributed by atoms with Crippen LogP contribution in [0, 0.1) is 11.3 Å². The van der Waals surface area contributed by atoms with Crippen molar-refractivity contribution in [3.05, 3.63) is 0 Å². The Balaban J connectivity index is 2.06. The zero-order chi connectivity index (χ0) is 13.0. The van der Waals surface area contributed by atoms with Crippen molar-refractivity contribution >= 4 is 0 Å². The normalized spacial score (nSPS) is 32.8. The van der Waals surface area contributed by atoms with Crippen molar-refractivity contribution in [3.8, 4) is 0 Å². The standard InChI is InChI=1S/C16H32N2/c1-16(2,3)14-7-5-4-6-8-15-9-10-17-11-12-18(15)13-14/h14-15,17H,4-13H2,1-3H3. The smallest absolute Gasteiger partial charge is 0.0110 e. The highest BCUT2D eigenvalue weighted by Crippen LogP contribution is 2.33. The molecule has 0 spiro atoms. The molecule has 0 aliphatic carbocycles. The van der Waals surface area contributed by atoms with Crippen molar-refractivity contribution in [1.29, 1.82) is 0 Å². The lowest BCUT2D eigenvalue weighted by Crippen LogP contribution is -2.42. The van der Waals surface area contributed by atoms with Crippen LogP contribution < -0.4 is 5.32 Å². The second kappa shape index (κ2) is 6.38. The molecule has 2 atom stereocenters. The SMILES string of the molecule is CC(C)(C)C1CCCCCC2CCNCCN2C1. The summed E-state index contributed by atoms with van der Waals surface area (Å²) < 4.78 is 0. The van der Waals surface area contributed by atoms with Gasteiger partial charge in [0.25, 0.3) is 0 Å². The zero-order valence-electron chi connectivity index (χ0n) is 12.7. The van der Waals surface area contributed by atoms with Gasteiger partial charge in [-0.05, 0) is 37.1 Å². The lowest BCUT2D eigenvalue weighted by molar-refractivity contribution is 0.112. The van der Waals surface area contributed by atoms with Crippen molar-refractivity contribution in [2.24, 2.45) is 11.3 Å². The van der Waals surface area contributed by atoms with Gasteiger partial charge < -0.3 is 5.32 Å². The van der Waals surface area contributed by atoms with Crippen LogP contribution in [0.25, 0.3) is 0 Å². The summed E-state index contributed by atoms with van der Waals surface area (Å²) in [6, 6.07) is 0.850. The number of hydrogen-bond donors (Lipinski definition) is 1. The first-order chi connectivity index (χ1) is 8.57. The molecule has 18 heavy (non-hydrogen) atoms. The van der Waals surface area contributed by atoms with Crippen LogP contribution in [0.15, 0.2) is 0 Å². The van der Waals surface area contributed by atoms with Gasteiger partial charge in [0, 0.05) is 25.7 Å². The summed E-state index contributed by atoms with van der Waals surface area (Å²) in [5.41, 5.74) is 0.467. The Morgan fingerprint density at radius 2 is 1.72 bits per heavy atom. The van der Waals surface area contributed by atoms with E-state index in [2.05, 4.69) is 31.0 Å². The molecule has 2 aliphatic rings. The summed E-state index contributed by atoms with van der Waals surface area (Å²) in [5.74, 6) is 0.871. The van der Waals surface area contributed by atoms with E-state index in [9.17, 15) is 0 Å². The lowest BCUT2D eigenvalue weighted by Gasteiger charge is -2.37. The summed E-state index contributed by atoms with van der Waals surface area (Å²) >= 11 is 0. The van der Waals surface area contributed by atoms with Crippen LogP contribution in [0.5, 0.6) is 0 Å². The van der Waals surface area contributed by atoms with Crippen molar-refractivity contribution in [2.45, 2.75) is 65.3 Å². The summed E-state index contributed by atoms with van der Waals surface area (Å²) in [4.78, 5) is 2.81. The summed E-state index contributed by atoms with van der Waals surface area (Å²) in [6.45, 7) is 12.3. The van der Waals surface area contributed by atoms with Crippen molar-refractivity contribution in [1.82, 2.24) is 10.2 Å². The molecule has 106 valence electrons. The monoisotopic (exact) mass is 252 g/mol. The molecule has 0 bridgehead atoms. The number of nitrogens with zero attached hydrogens (tertiary/aromatic N) is 1. The minimum atomic E-state index is 0.467. The van der Waals surface area contributed by atoms with Crippen LogP contribution in [-0.4, -0.2) is 37.1 Å². The van der Waals surface area contributed by atoms with E-state index in [0.29, 0.717) is 5.41 Å². The van der Waals surface area contributed by atoms with Gasteiger partial charge >= 0.3 is 0 Å². The van der Waals surface area contributed by atoms with Crippen LogP contribution in [0.1, 0.15) is 59.3 Å². The average Bonchev–Trinajstić information content (AvgIpc) is 2.45. The molecule has 0 radical (unpaired) electrons. The van der Waals surface area contributed by atoms with E-state index in [1.54, 1.807) is 0 Å². The van der Waals surface area contributed by atoms with E-state index in [0.717, 1.165) is 12.0 Å². The first kappa shape index (κ1) is 14.3. The topological polar surface area (TPSA) is 15.3 Å². The van der Waals surface area contributed by atoms with Gasteiger partial charge in [-0.25, -0.2) is 0 Å². The van der Waals surface area contributed by atoms with Gasteiger partial charge in [0.15, 0.2) is 0 Å². The van der Waals surface area contributed by atoms with E-state index in [4.69, 9.17) is 0 Å². The second-order valence-corrected chi connectivity index (χ2v) is 7.39. The van der Waals surface area contributed by atoms with Gasteiger partial charge in [-0.3, -0.25) is 4.90 Å². The highest BCUT2D eigenvalue weighted by molar-refractivity contribution is 4.84. The number of rotatable bonds is 0. The van der Waals surface area contributed by atoms with Gasteiger partial charge in [0.1, 0.15) is 0 Å². The molecule has 0 aromatic rings. The van der Waals surface area contributed by atoms with Crippen molar-refractivity contribution in [2.75, 3.05) is 26.2 Å². The molecular weight excluding hydrogens is 220 g/mol. The third-order valence-corrected chi connectivity index (χ3v) is 5.02. The predicted molar refractivity (Wildman–Crippen MR) is 78.9 cm³/mol. The van der Waals surface area contributed by atoms with Gasteiger partial charge in [0.05, 0.1) is 0 Å². The Kier molecular flexibility index (Phi) is 5.08. The van der Waals surface area contributed by atoms with E-state index < -0.39 is 0 Å². The zero-order valence-corrected chi connectivity index (χ0v) is 12.7. The molecule has 2 heteroatoms. The summed E-state index contributed by atoms with van der Waals surface area (Å²) in [6.07, 6.45) is 8.55. The van der Waals surface area contributed by atoms with Gasteiger partial charge in [-0.15, -0.1) is 0 Å². The van der Waals surface area contributed by atoms with Crippen molar-refractivity contribution in [3.63, 3.8) is 0 Å². The van der Waals surface area contributed by atoms with Crippen LogP contribution in [-0.2, 0) is 0 Å². The minimum Gasteiger partial charge on any atom is -0.315 e. The molecule has 2 saturated heterocycles. The fraction of sp³-hybridized carbons (Fsp3) is 1.00. The average molecular weight is 252 g/mol. The highest BCUT2D eigenvalue weighted by atomic mass is 15.2. The van der Waals surface area contributed by atoms with Crippen molar-refractivity contribution < 1.29 is 0 Å². The molecule has 2 rings (SSSR count). The molecule has 0 saturated carbocycles. The molecule has 2 unspecified atom stereocenters. The van der Waals surface area contributed by atoms with Gasteiger partial charge in [-0.1, -0.05) is 40.0 Å². The number of fused-ring (bicyclic) bond motifs is 1. The van der Waals surface area contributed by atoms with Crippen LogP contribution >= 0.6 is 0 Å². The Morgan fingerprint density at radius 3 is 2.50 bits per heavy atom. The molecule has 1 N–H and O–H groups in total. The first-order valence-electron chi connectivity index (χ1n) is 8.02. The number of hydrogen-bond acceptors (Lipinski definition) is 2. The Hall–Kier alpha value is -0.0800. The Bertz CT molecular complexity index is 244. The van der Waals surface area contributed by atoms with Crippen LogP contribution in [0.4, 0.5) is 0 Å². The molecule has 0 aromatic heterocycles. The van der Waals surface area contributed by atoms with E-state index in [1.165, 1.54) is 64.7 Å². The first-order valence-corrected chi connectivity index (χ1v) is 8.02. The molecule has 2 aliphatic heterocycles. The maximum absolute atomic E-state index is 3.57. The summed E-state index contributed by atoms with van der Waals surface area (Å²) in [5, 5.41) is 3.57. The van der Waals surface area contributed by atoms with Gasteiger partial charge in [0.2, 0.25) is 0 Å². The molecule has 2 fully saturated rings. The molecule has 2 nitrogen and oxygen atoms in total.